The van der Waals surface area contributed by atoms with Gasteiger partial charge in [0.1, 0.15) is 5.82 Å². The van der Waals surface area contributed by atoms with Crippen molar-refractivity contribution in [3.05, 3.63) is 115 Å². The van der Waals surface area contributed by atoms with Crippen LogP contribution >= 0.6 is 11.3 Å². The summed E-state index contributed by atoms with van der Waals surface area (Å²) in [5.41, 5.74) is 4.71. The number of halogens is 1. The first-order valence-corrected chi connectivity index (χ1v) is 21.1. The second-order valence-corrected chi connectivity index (χ2v) is 22.3. The number of thiophene rings is 1. The van der Waals surface area contributed by atoms with Crippen molar-refractivity contribution in [2.75, 3.05) is 0 Å². The molecule has 0 aliphatic rings. The molecule has 0 bridgehead atoms. The maximum atomic E-state index is 13.0. The van der Waals surface area contributed by atoms with Gasteiger partial charge < -0.3 is 4.98 Å². The van der Waals surface area contributed by atoms with E-state index in [1.54, 1.807) is 17.4 Å². The fourth-order valence-corrected chi connectivity index (χ4v) is 9.10. The minimum atomic E-state index is -2.03. The molecule has 3 aromatic carbocycles. The van der Waals surface area contributed by atoms with Gasteiger partial charge in [-0.3, -0.25) is 0 Å². The summed E-state index contributed by atoms with van der Waals surface area (Å²) in [5, 5.41) is 2.44. The van der Waals surface area contributed by atoms with E-state index in [9.17, 15) is 4.39 Å². The summed E-state index contributed by atoms with van der Waals surface area (Å²) in [6, 6.07) is 31.8. The maximum Gasteiger partial charge on any atom is 0 e. The zero-order valence-corrected chi connectivity index (χ0v) is 28.5. The van der Waals surface area contributed by atoms with E-state index in [0.29, 0.717) is 0 Å². The molecule has 0 aliphatic heterocycles. The normalized spacial score (nSPS) is 11.9. The number of hydrogen-bond acceptors (Lipinski definition) is 3. The van der Waals surface area contributed by atoms with E-state index in [-0.39, 0.29) is 25.9 Å². The summed E-state index contributed by atoms with van der Waals surface area (Å²) in [6.07, 6.45) is 3.25. The van der Waals surface area contributed by atoms with Gasteiger partial charge in [-0.2, -0.15) is 11.3 Å². The monoisotopic (exact) mass is 786 g/mol. The molecule has 6 heteroatoms. The van der Waals surface area contributed by atoms with Crippen LogP contribution in [-0.4, -0.2) is 23.2 Å². The molecular weight excluding hydrogens is 752 g/mol. The number of benzene rings is 3. The molecule has 0 atom stereocenters. The van der Waals surface area contributed by atoms with Crippen LogP contribution in [0.4, 0.5) is 4.39 Å². The molecule has 40 heavy (non-hydrogen) atoms. The summed E-state index contributed by atoms with van der Waals surface area (Å²) >= 11 is -0.303. The molecule has 6 rings (SSSR count). The summed E-state index contributed by atoms with van der Waals surface area (Å²) < 4.78 is 25.2. The van der Waals surface area contributed by atoms with E-state index in [1.165, 1.54) is 32.1 Å². The molecule has 6 aromatic rings. The zero-order chi connectivity index (χ0) is 28.5. The van der Waals surface area contributed by atoms with Gasteiger partial charge >= 0.3 is 120 Å². The van der Waals surface area contributed by atoms with Crippen LogP contribution in [0.1, 0.15) is 26.7 Å². The van der Waals surface area contributed by atoms with Gasteiger partial charge in [-0.05, 0) is 27.9 Å². The van der Waals surface area contributed by atoms with Crippen LogP contribution in [0.25, 0.3) is 42.7 Å². The first-order chi connectivity index (χ1) is 19.0. The van der Waals surface area contributed by atoms with Crippen molar-refractivity contribution in [1.82, 2.24) is 9.97 Å². The molecule has 0 spiro atoms. The van der Waals surface area contributed by atoms with Crippen LogP contribution in [-0.2, 0) is 20.1 Å². The van der Waals surface area contributed by atoms with Gasteiger partial charge in [0, 0.05) is 24.8 Å². The predicted octanol–water partition coefficient (Wildman–Crippen LogP) is 9.27. The first kappa shape index (κ1) is 28.8. The zero-order valence-electron chi connectivity index (χ0n) is 24.2. The van der Waals surface area contributed by atoms with Crippen LogP contribution in [0.5, 0.6) is 0 Å². The number of fused-ring (bicyclic) bond motifs is 3. The van der Waals surface area contributed by atoms with Crippen LogP contribution in [0.15, 0.2) is 91.3 Å². The van der Waals surface area contributed by atoms with Crippen molar-refractivity contribution >= 4 is 49.2 Å². The molecule has 3 aromatic heterocycles. The van der Waals surface area contributed by atoms with E-state index in [1.807, 2.05) is 62.5 Å². The molecule has 0 amide bonds. The molecule has 0 fully saturated rings. The van der Waals surface area contributed by atoms with Gasteiger partial charge in [-0.25, -0.2) is 4.39 Å². The van der Waals surface area contributed by atoms with E-state index in [4.69, 9.17) is 1.37 Å². The Balaban J connectivity index is 0.000000184. The summed E-state index contributed by atoms with van der Waals surface area (Å²) in [4.78, 5) is 8.79. The summed E-state index contributed by atoms with van der Waals surface area (Å²) in [6.45, 7) is 3.91. The SMILES string of the molecule is Fc1ccc(-c2[c-]ccc3c2sc2ccccc23)nc1.[2H]C(C)(C)c1cc(-c2[c-]cccc2)nc[c]1[Ge]([CH3])([CH3])[CH3].[Ir]. The van der Waals surface area contributed by atoms with Crippen molar-refractivity contribution in [3.63, 3.8) is 0 Å². The third-order valence-corrected chi connectivity index (χ3v) is 12.0. The maximum absolute atomic E-state index is 13.0. The number of nitrogens with zero attached hydrogens (tertiary/aromatic N) is 2. The summed E-state index contributed by atoms with van der Waals surface area (Å²) in [5.74, 6) is 6.12. The van der Waals surface area contributed by atoms with Crippen molar-refractivity contribution in [2.24, 2.45) is 0 Å². The standard InChI is InChI=1S/C17H9FNS.C17H22GeN.Ir/c18-11-8-9-15(19-10-11)14-6-3-5-13-12-4-1-2-7-16(12)20-17(13)14;1-13(2)15-11-17(14-9-7-6-8-10-14)19-12-16(15)18(3,4)5;/h1-5,7-10H;6-9,11-13H,1-5H3;/q2*-1;/i;13D;. The Morgan fingerprint density at radius 1 is 0.850 bits per heavy atom. The van der Waals surface area contributed by atoms with Gasteiger partial charge in [0.15, 0.2) is 0 Å². The number of rotatable bonds is 4. The van der Waals surface area contributed by atoms with Gasteiger partial charge in [0.25, 0.3) is 0 Å². The van der Waals surface area contributed by atoms with Crippen LogP contribution in [0, 0.1) is 17.9 Å². The Labute approximate surface area is 257 Å². The van der Waals surface area contributed by atoms with Gasteiger partial charge in [-0.15, -0.1) is 23.8 Å². The van der Waals surface area contributed by atoms with Crippen LogP contribution in [0.2, 0.25) is 17.3 Å². The van der Waals surface area contributed by atoms with Crippen molar-refractivity contribution < 1.29 is 25.9 Å². The van der Waals surface area contributed by atoms with E-state index < -0.39 is 19.2 Å². The fraction of sp³-hybridized carbons (Fsp3) is 0.176. The molecule has 0 unspecified atom stereocenters. The molecular formula is C34H31FGeIrN2S-2. The summed E-state index contributed by atoms with van der Waals surface area (Å²) in [7, 11) is 0. The molecule has 0 aliphatic carbocycles. The largest absolute Gasteiger partial charge is 0 e. The van der Waals surface area contributed by atoms with Crippen LogP contribution < -0.4 is 4.40 Å². The smallest absolute Gasteiger partial charge is 0 e. The topological polar surface area (TPSA) is 25.8 Å². The molecule has 0 N–H and O–H groups in total. The average Bonchev–Trinajstić information content (AvgIpc) is 3.32. The van der Waals surface area contributed by atoms with Crippen molar-refractivity contribution in [2.45, 2.75) is 37.0 Å². The van der Waals surface area contributed by atoms with Gasteiger partial charge in [0.05, 0.1) is 6.20 Å². The van der Waals surface area contributed by atoms with Gasteiger partial charge in [0.2, 0.25) is 0 Å². The minimum Gasteiger partial charge on any atom is 0 e. The second kappa shape index (κ2) is 12.9. The Hall–Kier alpha value is -2.70. The van der Waals surface area contributed by atoms with E-state index >= 15 is 0 Å². The van der Waals surface area contributed by atoms with E-state index in [2.05, 4.69) is 63.6 Å². The van der Waals surface area contributed by atoms with Crippen LogP contribution in [0.3, 0.4) is 0 Å². The molecule has 0 saturated carbocycles. The third-order valence-electron chi connectivity index (χ3n) is 6.56. The second-order valence-electron chi connectivity index (χ2n) is 10.7. The van der Waals surface area contributed by atoms with Crippen molar-refractivity contribution in [1.29, 1.82) is 0 Å². The molecule has 3 heterocycles. The van der Waals surface area contributed by atoms with Gasteiger partial charge in [-0.1, -0.05) is 29.7 Å². The predicted molar refractivity (Wildman–Crippen MR) is 167 cm³/mol. The Bertz CT molecular complexity index is 1780. The Morgan fingerprint density at radius 3 is 2.27 bits per heavy atom. The number of hydrogen-bond donors (Lipinski definition) is 0. The molecule has 1 radical (unpaired) electrons. The number of pyridine rings is 2. The molecule has 0 saturated heterocycles. The molecule has 2 nitrogen and oxygen atoms in total. The quantitative estimate of drug-likeness (QED) is 0.132. The van der Waals surface area contributed by atoms with Crippen molar-refractivity contribution in [3.8, 4) is 22.5 Å². The number of aromatic nitrogens is 2. The third kappa shape index (κ3) is 6.61. The average molecular weight is 785 g/mol. The Kier molecular flexibility index (Phi) is 9.27. The molecule has 205 valence electrons. The first-order valence-electron chi connectivity index (χ1n) is 13.4. The van der Waals surface area contributed by atoms with E-state index in [0.717, 1.165) is 32.8 Å². The Morgan fingerprint density at radius 2 is 1.60 bits per heavy atom. The fourth-order valence-electron chi connectivity index (χ4n) is 4.57. The minimum absolute atomic E-state index is 0.